The number of esters is 1. The molecule has 11 heteroatoms. The van der Waals surface area contributed by atoms with Gasteiger partial charge in [0.15, 0.2) is 0 Å². The van der Waals surface area contributed by atoms with Crippen LogP contribution >= 0.6 is 34.8 Å². The van der Waals surface area contributed by atoms with E-state index in [0.29, 0.717) is 53.7 Å². The van der Waals surface area contributed by atoms with Gasteiger partial charge < -0.3 is 19.5 Å². The molecule has 0 unspecified atom stereocenters. The number of hydrogen-bond donors (Lipinski definition) is 1. The molecule has 0 bridgehead atoms. The molecule has 0 spiro atoms. The van der Waals surface area contributed by atoms with Crippen LogP contribution in [0.25, 0.3) is 10.9 Å². The maximum Gasteiger partial charge on any atom is 0.309 e. The molecule has 1 aromatic heterocycles. The molecule has 2 fully saturated rings. The number of nitrogens with one attached hydrogen (secondary N) is 1. The van der Waals surface area contributed by atoms with E-state index < -0.39 is 17.2 Å². The Hall–Kier alpha value is -2.81. The van der Waals surface area contributed by atoms with Crippen LogP contribution in [0, 0.1) is 11.7 Å². The highest BCUT2D eigenvalue weighted by Gasteiger charge is 2.32. The second-order valence-electron chi connectivity index (χ2n) is 9.86. The second kappa shape index (κ2) is 11.4. The van der Waals surface area contributed by atoms with Crippen molar-refractivity contribution in [2.24, 2.45) is 5.92 Å². The Morgan fingerprint density at radius 1 is 1.10 bits per heavy atom. The fourth-order valence-corrected chi connectivity index (χ4v) is 5.94. The zero-order chi connectivity index (χ0) is 27.8. The van der Waals surface area contributed by atoms with Crippen molar-refractivity contribution in [1.82, 2.24) is 9.88 Å². The molecule has 206 valence electrons. The number of rotatable bonds is 7. The van der Waals surface area contributed by atoms with Gasteiger partial charge >= 0.3 is 5.97 Å². The van der Waals surface area contributed by atoms with Crippen LogP contribution in [0.1, 0.15) is 54.6 Å². The van der Waals surface area contributed by atoms with Gasteiger partial charge in [-0.3, -0.25) is 14.4 Å². The summed E-state index contributed by atoms with van der Waals surface area (Å²) in [4.78, 5) is 40.5. The Morgan fingerprint density at radius 2 is 1.82 bits per heavy atom. The van der Waals surface area contributed by atoms with Gasteiger partial charge in [-0.05, 0) is 56.4 Å². The van der Waals surface area contributed by atoms with Crippen molar-refractivity contribution >= 4 is 63.3 Å². The number of benzene rings is 2. The minimum Gasteiger partial charge on any atom is -0.466 e. The van der Waals surface area contributed by atoms with E-state index in [2.05, 4.69) is 5.32 Å². The summed E-state index contributed by atoms with van der Waals surface area (Å²) in [5, 5.41) is 3.77. The van der Waals surface area contributed by atoms with Crippen molar-refractivity contribution in [1.29, 1.82) is 0 Å². The molecule has 2 heterocycles. The van der Waals surface area contributed by atoms with Crippen molar-refractivity contribution in [3.05, 3.63) is 72.7 Å². The Labute approximate surface area is 239 Å². The number of aromatic nitrogens is 1. The topological polar surface area (TPSA) is 80.6 Å². The number of anilines is 1. The number of amides is 1. The van der Waals surface area contributed by atoms with Gasteiger partial charge in [0.2, 0.25) is 5.43 Å². The van der Waals surface area contributed by atoms with Gasteiger partial charge in [0, 0.05) is 41.9 Å². The zero-order valence-electron chi connectivity index (χ0n) is 21.2. The van der Waals surface area contributed by atoms with E-state index in [-0.39, 0.29) is 46.1 Å². The van der Waals surface area contributed by atoms with Crippen LogP contribution in [0.4, 0.5) is 10.1 Å². The third kappa shape index (κ3) is 5.60. The third-order valence-electron chi connectivity index (χ3n) is 7.25. The van der Waals surface area contributed by atoms with E-state index in [1.54, 1.807) is 25.1 Å². The Balaban J connectivity index is 1.47. The summed E-state index contributed by atoms with van der Waals surface area (Å²) in [7, 11) is 0. The number of halogens is 4. The molecule has 39 heavy (non-hydrogen) atoms. The van der Waals surface area contributed by atoms with Crippen molar-refractivity contribution in [2.45, 2.75) is 45.2 Å². The van der Waals surface area contributed by atoms with Gasteiger partial charge in [-0.15, -0.1) is 0 Å². The van der Waals surface area contributed by atoms with Gasteiger partial charge in [-0.2, -0.15) is 0 Å². The lowest BCUT2D eigenvalue weighted by Crippen LogP contribution is -2.37. The largest absolute Gasteiger partial charge is 0.466 e. The Morgan fingerprint density at radius 3 is 2.46 bits per heavy atom. The van der Waals surface area contributed by atoms with E-state index in [0.717, 1.165) is 12.8 Å². The molecule has 2 aliphatic rings. The van der Waals surface area contributed by atoms with Crippen LogP contribution in [0.15, 0.2) is 35.3 Å². The first-order valence-electron chi connectivity index (χ1n) is 12.9. The standard InChI is InChI=1S/C28H27Cl3FN3O4/c1-2-39-28(38)15-7-9-34(10-8-15)25-22(32)12-19-24(23(25)31)35(18-5-6-18)14-20(26(19)36)27(37)33-13-16-3-4-17(29)11-21(16)30/h3-4,11-12,14-15,18H,2,5-10,13H2,1H3,(H,33,37). The minimum atomic E-state index is -0.646. The van der Waals surface area contributed by atoms with Crippen molar-refractivity contribution in [3.63, 3.8) is 0 Å². The minimum absolute atomic E-state index is 0.0479. The third-order valence-corrected chi connectivity index (χ3v) is 8.20. The number of carbonyl (C=O) groups excluding carboxylic acids is 2. The fourth-order valence-electron chi connectivity index (χ4n) is 5.06. The fraction of sp³-hybridized carbons (Fsp3) is 0.393. The summed E-state index contributed by atoms with van der Waals surface area (Å²) in [6.45, 7) is 3.02. The van der Waals surface area contributed by atoms with E-state index in [1.807, 2.05) is 9.47 Å². The summed E-state index contributed by atoms with van der Waals surface area (Å²) in [5.74, 6) is -1.72. The molecule has 7 nitrogen and oxygen atoms in total. The van der Waals surface area contributed by atoms with Gasteiger partial charge in [0.1, 0.15) is 11.4 Å². The van der Waals surface area contributed by atoms with E-state index in [9.17, 15) is 14.4 Å². The maximum absolute atomic E-state index is 15.6. The lowest BCUT2D eigenvalue weighted by molar-refractivity contribution is -0.148. The summed E-state index contributed by atoms with van der Waals surface area (Å²) < 4.78 is 22.5. The van der Waals surface area contributed by atoms with Crippen LogP contribution in [-0.4, -0.2) is 36.1 Å². The summed E-state index contributed by atoms with van der Waals surface area (Å²) in [6.07, 6.45) is 4.25. The van der Waals surface area contributed by atoms with E-state index >= 15 is 4.39 Å². The van der Waals surface area contributed by atoms with E-state index in [4.69, 9.17) is 39.5 Å². The molecule has 1 N–H and O–H groups in total. The summed E-state index contributed by atoms with van der Waals surface area (Å²) in [6, 6.07) is 6.15. The molecule has 0 atom stereocenters. The molecule has 1 aliphatic heterocycles. The van der Waals surface area contributed by atoms with E-state index in [1.165, 1.54) is 12.3 Å². The van der Waals surface area contributed by atoms with Crippen LogP contribution in [0.3, 0.4) is 0 Å². The summed E-state index contributed by atoms with van der Waals surface area (Å²) in [5.41, 5.74) is 0.552. The lowest BCUT2D eigenvalue weighted by Gasteiger charge is -2.33. The molecule has 3 aromatic rings. The number of carbonyl (C=O) groups is 2. The molecule has 1 saturated heterocycles. The summed E-state index contributed by atoms with van der Waals surface area (Å²) >= 11 is 19.0. The average molecular weight is 595 g/mol. The van der Waals surface area contributed by atoms with Gasteiger partial charge in [-0.1, -0.05) is 40.9 Å². The predicted octanol–water partition coefficient (Wildman–Crippen LogP) is 6.15. The first kappa shape index (κ1) is 27.7. The number of pyridine rings is 1. The molecule has 2 aromatic carbocycles. The SMILES string of the molecule is CCOC(=O)C1CCN(c2c(F)cc3c(=O)c(C(=O)NCc4ccc(Cl)cc4Cl)cn(C4CC4)c3c2Cl)CC1. The Bertz CT molecular complexity index is 1510. The normalized spacial score (nSPS) is 16.0. The molecule has 1 saturated carbocycles. The molecule has 1 amide bonds. The highest BCUT2D eigenvalue weighted by molar-refractivity contribution is 6.38. The zero-order valence-corrected chi connectivity index (χ0v) is 23.5. The van der Waals surface area contributed by atoms with Crippen molar-refractivity contribution < 1.29 is 18.7 Å². The molecular weight excluding hydrogens is 568 g/mol. The predicted molar refractivity (Wildman–Crippen MR) is 151 cm³/mol. The van der Waals surface area contributed by atoms with Gasteiger partial charge in [0.05, 0.1) is 34.1 Å². The Kier molecular flexibility index (Phi) is 8.08. The average Bonchev–Trinajstić information content (AvgIpc) is 3.75. The van der Waals surface area contributed by atoms with Gasteiger partial charge in [-0.25, -0.2) is 4.39 Å². The molecular formula is C28H27Cl3FN3O4. The highest BCUT2D eigenvalue weighted by atomic mass is 35.5. The number of ether oxygens (including phenoxy) is 1. The van der Waals surface area contributed by atoms with Crippen LogP contribution in [0.2, 0.25) is 15.1 Å². The molecule has 5 rings (SSSR count). The number of piperidine rings is 1. The van der Waals surface area contributed by atoms with Crippen LogP contribution < -0.4 is 15.6 Å². The lowest BCUT2D eigenvalue weighted by atomic mass is 9.96. The number of hydrogen-bond acceptors (Lipinski definition) is 5. The maximum atomic E-state index is 15.6. The monoisotopic (exact) mass is 593 g/mol. The molecule has 0 radical (unpaired) electrons. The van der Waals surface area contributed by atoms with Gasteiger partial charge in [0.25, 0.3) is 5.91 Å². The van der Waals surface area contributed by atoms with Crippen LogP contribution in [0.5, 0.6) is 0 Å². The smallest absolute Gasteiger partial charge is 0.309 e. The van der Waals surface area contributed by atoms with Crippen molar-refractivity contribution in [2.75, 3.05) is 24.6 Å². The quantitative estimate of drug-likeness (QED) is 0.332. The second-order valence-corrected chi connectivity index (χ2v) is 11.1. The highest BCUT2D eigenvalue weighted by Crippen LogP contribution is 2.42. The molecule has 1 aliphatic carbocycles. The van der Waals surface area contributed by atoms with Crippen molar-refractivity contribution in [3.8, 4) is 0 Å². The number of fused-ring (bicyclic) bond motifs is 1. The van der Waals surface area contributed by atoms with Crippen LogP contribution in [-0.2, 0) is 16.1 Å². The first-order chi connectivity index (χ1) is 18.7. The number of nitrogens with zero attached hydrogens (tertiary/aromatic N) is 2. The first-order valence-corrected chi connectivity index (χ1v) is 14.0.